The van der Waals surface area contributed by atoms with Crippen molar-refractivity contribution in [2.75, 3.05) is 7.11 Å². The fourth-order valence-electron chi connectivity index (χ4n) is 3.96. The van der Waals surface area contributed by atoms with Crippen LogP contribution in [0.4, 0.5) is 0 Å². The molecule has 17 heavy (non-hydrogen) atoms. The molecule has 2 nitrogen and oxygen atoms in total. The maximum Gasteiger partial charge on any atom is 0.119 e. The predicted molar refractivity (Wildman–Crippen MR) is 67.1 cm³/mol. The highest BCUT2D eigenvalue weighted by Gasteiger charge is 2.54. The van der Waals surface area contributed by atoms with Crippen LogP contribution in [0.2, 0.25) is 0 Å². The van der Waals surface area contributed by atoms with Gasteiger partial charge in [0.1, 0.15) is 5.75 Å². The number of aliphatic hydroxyl groups is 1. The van der Waals surface area contributed by atoms with Crippen LogP contribution in [0, 0.1) is 18.8 Å². The molecule has 2 aliphatic carbocycles. The third-order valence-electron chi connectivity index (χ3n) is 4.84. The Bertz CT molecular complexity index is 419. The third kappa shape index (κ3) is 1.43. The van der Waals surface area contributed by atoms with Crippen LogP contribution in [-0.4, -0.2) is 12.2 Å². The number of ether oxygens (including phenoxy) is 1. The van der Waals surface area contributed by atoms with Crippen molar-refractivity contribution in [2.24, 2.45) is 11.8 Å². The summed E-state index contributed by atoms with van der Waals surface area (Å²) in [6.07, 6.45) is 4.75. The van der Waals surface area contributed by atoms with E-state index in [0.29, 0.717) is 11.8 Å². The Balaban J connectivity index is 2.04. The van der Waals surface area contributed by atoms with Crippen molar-refractivity contribution in [1.82, 2.24) is 0 Å². The normalized spacial score (nSPS) is 35.2. The summed E-state index contributed by atoms with van der Waals surface area (Å²) in [7, 11) is 1.68. The zero-order valence-electron chi connectivity index (χ0n) is 10.6. The minimum atomic E-state index is -0.559. The monoisotopic (exact) mass is 232 g/mol. The molecule has 0 atom stereocenters. The highest BCUT2D eigenvalue weighted by Crippen LogP contribution is 2.58. The first-order chi connectivity index (χ1) is 8.16. The molecule has 0 aliphatic heterocycles. The van der Waals surface area contributed by atoms with Gasteiger partial charge in [0.05, 0.1) is 12.7 Å². The van der Waals surface area contributed by atoms with Gasteiger partial charge in [-0.2, -0.15) is 0 Å². The van der Waals surface area contributed by atoms with Crippen molar-refractivity contribution in [2.45, 2.75) is 38.2 Å². The molecule has 0 amide bonds. The second kappa shape index (κ2) is 3.74. The van der Waals surface area contributed by atoms with E-state index >= 15 is 0 Å². The predicted octanol–water partition coefficient (Wildman–Crippen LogP) is 3.01. The number of fused-ring (bicyclic) bond motifs is 2. The Morgan fingerprint density at radius 1 is 1.18 bits per heavy atom. The van der Waals surface area contributed by atoms with Gasteiger partial charge in [0, 0.05) is 0 Å². The summed E-state index contributed by atoms with van der Waals surface area (Å²) in [6, 6.07) is 6.06. The maximum absolute atomic E-state index is 11.1. The summed E-state index contributed by atoms with van der Waals surface area (Å²) in [5, 5.41) is 11.1. The molecule has 0 unspecified atom stereocenters. The van der Waals surface area contributed by atoms with E-state index in [1.807, 2.05) is 12.1 Å². The van der Waals surface area contributed by atoms with Crippen LogP contribution in [0.25, 0.3) is 0 Å². The number of aryl methyl sites for hydroxylation is 1. The Morgan fingerprint density at radius 3 is 2.24 bits per heavy atom. The minimum absolute atomic E-state index is 0.472. The highest BCUT2D eigenvalue weighted by molar-refractivity contribution is 5.40. The summed E-state index contributed by atoms with van der Waals surface area (Å²) in [6.45, 7) is 2.08. The molecule has 0 aromatic heterocycles. The van der Waals surface area contributed by atoms with Gasteiger partial charge in [-0.15, -0.1) is 0 Å². The van der Waals surface area contributed by atoms with Crippen molar-refractivity contribution in [1.29, 1.82) is 0 Å². The molecule has 2 aliphatic rings. The van der Waals surface area contributed by atoms with Crippen molar-refractivity contribution in [3.63, 3.8) is 0 Å². The molecular formula is C15H20O2. The van der Waals surface area contributed by atoms with E-state index in [9.17, 15) is 5.11 Å². The van der Waals surface area contributed by atoms with Crippen molar-refractivity contribution in [3.05, 3.63) is 29.3 Å². The van der Waals surface area contributed by atoms with Crippen LogP contribution in [0.15, 0.2) is 18.2 Å². The minimum Gasteiger partial charge on any atom is -0.497 e. The molecular weight excluding hydrogens is 212 g/mol. The van der Waals surface area contributed by atoms with E-state index in [0.717, 1.165) is 16.9 Å². The Labute approximate surface area is 103 Å². The molecule has 2 bridgehead atoms. The molecule has 3 rings (SSSR count). The van der Waals surface area contributed by atoms with Gasteiger partial charge in [-0.3, -0.25) is 0 Å². The van der Waals surface area contributed by atoms with Crippen molar-refractivity contribution < 1.29 is 9.84 Å². The lowest BCUT2D eigenvalue weighted by atomic mass is 9.82. The van der Waals surface area contributed by atoms with E-state index in [2.05, 4.69) is 13.0 Å². The van der Waals surface area contributed by atoms with Gasteiger partial charge in [0.2, 0.25) is 0 Å². The third-order valence-corrected chi connectivity index (χ3v) is 4.84. The van der Waals surface area contributed by atoms with Crippen LogP contribution in [0.1, 0.15) is 36.8 Å². The molecule has 92 valence electrons. The topological polar surface area (TPSA) is 29.5 Å². The summed E-state index contributed by atoms with van der Waals surface area (Å²) >= 11 is 0. The molecule has 2 saturated carbocycles. The smallest absolute Gasteiger partial charge is 0.119 e. The highest BCUT2D eigenvalue weighted by atomic mass is 16.5. The molecule has 1 aromatic rings. The quantitative estimate of drug-likeness (QED) is 0.849. The molecule has 0 radical (unpaired) electrons. The van der Waals surface area contributed by atoms with E-state index in [-0.39, 0.29) is 0 Å². The van der Waals surface area contributed by atoms with Gasteiger partial charge in [-0.25, -0.2) is 0 Å². The van der Waals surface area contributed by atoms with Gasteiger partial charge >= 0.3 is 0 Å². The first-order valence-corrected chi connectivity index (χ1v) is 6.53. The molecule has 0 saturated heterocycles. The first kappa shape index (κ1) is 11.1. The second-order valence-corrected chi connectivity index (χ2v) is 5.55. The van der Waals surface area contributed by atoms with Gasteiger partial charge in [-0.1, -0.05) is 6.07 Å². The number of hydrogen-bond acceptors (Lipinski definition) is 2. The molecule has 2 heteroatoms. The maximum atomic E-state index is 11.1. The fourth-order valence-corrected chi connectivity index (χ4v) is 3.96. The van der Waals surface area contributed by atoms with E-state index in [4.69, 9.17) is 4.74 Å². The zero-order valence-corrected chi connectivity index (χ0v) is 10.6. The van der Waals surface area contributed by atoms with E-state index < -0.39 is 5.60 Å². The molecule has 0 heterocycles. The molecule has 2 fully saturated rings. The lowest BCUT2D eigenvalue weighted by Gasteiger charge is -2.30. The van der Waals surface area contributed by atoms with Crippen LogP contribution in [0.5, 0.6) is 5.75 Å². The average Bonchev–Trinajstić information content (AvgIpc) is 2.83. The zero-order chi connectivity index (χ0) is 12.0. The summed E-state index contributed by atoms with van der Waals surface area (Å²) in [5.74, 6) is 1.82. The summed E-state index contributed by atoms with van der Waals surface area (Å²) < 4.78 is 5.23. The van der Waals surface area contributed by atoms with Crippen molar-refractivity contribution in [3.8, 4) is 5.75 Å². The number of benzene rings is 1. The lowest BCUT2D eigenvalue weighted by molar-refractivity contribution is -0.0108. The Kier molecular flexibility index (Phi) is 2.44. The first-order valence-electron chi connectivity index (χ1n) is 6.53. The average molecular weight is 232 g/mol. The van der Waals surface area contributed by atoms with Crippen LogP contribution in [-0.2, 0) is 5.60 Å². The molecule has 1 N–H and O–H groups in total. The standard InChI is InChI=1S/C15H20O2/c1-10-9-13(17-2)7-8-14(10)15(16)11-3-4-12(15)6-5-11/h7-9,11-12,16H,3-6H2,1-2H3. The molecule has 0 spiro atoms. The van der Waals surface area contributed by atoms with E-state index in [1.54, 1.807) is 7.11 Å². The Morgan fingerprint density at radius 2 is 1.76 bits per heavy atom. The largest absolute Gasteiger partial charge is 0.497 e. The number of hydrogen-bond donors (Lipinski definition) is 1. The summed E-state index contributed by atoms with van der Waals surface area (Å²) in [5.41, 5.74) is 1.73. The summed E-state index contributed by atoms with van der Waals surface area (Å²) in [4.78, 5) is 0. The SMILES string of the molecule is COc1ccc(C2(O)C3CCC2CC3)c(C)c1. The lowest BCUT2D eigenvalue weighted by Crippen LogP contribution is -2.31. The number of rotatable bonds is 2. The van der Waals surface area contributed by atoms with E-state index in [1.165, 1.54) is 25.7 Å². The van der Waals surface area contributed by atoms with Gasteiger partial charge < -0.3 is 9.84 Å². The molecule has 1 aromatic carbocycles. The second-order valence-electron chi connectivity index (χ2n) is 5.55. The van der Waals surface area contributed by atoms with Gasteiger partial charge in [-0.05, 0) is 67.7 Å². The van der Waals surface area contributed by atoms with Crippen LogP contribution < -0.4 is 4.74 Å². The van der Waals surface area contributed by atoms with Crippen LogP contribution >= 0.6 is 0 Å². The van der Waals surface area contributed by atoms with Gasteiger partial charge in [0.25, 0.3) is 0 Å². The number of methoxy groups -OCH3 is 1. The Hall–Kier alpha value is -1.02. The fraction of sp³-hybridized carbons (Fsp3) is 0.600. The van der Waals surface area contributed by atoms with Gasteiger partial charge in [0.15, 0.2) is 0 Å². The van der Waals surface area contributed by atoms with Crippen molar-refractivity contribution >= 4 is 0 Å². The van der Waals surface area contributed by atoms with Crippen LogP contribution in [0.3, 0.4) is 0 Å².